The smallest absolute Gasteiger partial charge is 0.415 e. The van der Waals surface area contributed by atoms with Gasteiger partial charge in [0.05, 0.1) is 13.4 Å². The third kappa shape index (κ3) is 3.19. The summed E-state index contributed by atoms with van der Waals surface area (Å²) in [5.41, 5.74) is 0.853. The molecular weight excluding hydrogens is 262 g/mol. The summed E-state index contributed by atoms with van der Waals surface area (Å²) >= 11 is 0. The average Bonchev–Trinajstić information content (AvgIpc) is 2.78. The van der Waals surface area contributed by atoms with Gasteiger partial charge in [0.15, 0.2) is 0 Å². The van der Waals surface area contributed by atoms with Crippen LogP contribution in [0.2, 0.25) is 0 Å². The van der Waals surface area contributed by atoms with E-state index < -0.39 is 18.1 Å². The van der Waals surface area contributed by atoms with E-state index >= 15 is 0 Å². The first kappa shape index (κ1) is 16.2. The van der Waals surface area contributed by atoms with Crippen LogP contribution in [0.5, 0.6) is 0 Å². The summed E-state index contributed by atoms with van der Waals surface area (Å²) < 4.78 is 9.53. The predicted octanol–water partition coefficient (Wildman–Crippen LogP) is 1.31. The van der Waals surface area contributed by atoms with E-state index in [9.17, 15) is 14.7 Å². The van der Waals surface area contributed by atoms with Gasteiger partial charge in [0.2, 0.25) is 0 Å². The summed E-state index contributed by atoms with van der Waals surface area (Å²) in [6, 6.07) is -0.777. The molecule has 1 N–H and O–H groups in total. The van der Waals surface area contributed by atoms with Crippen molar-refractivity contribution in [1.82, 2.24) is 4.90 Å². The fourth-order valence-electron chi connectivity index (χ4n) is 2.69. The van der Waals surface area contributed by atoms with Crippen LogP contribution >= 0.6 is 0 Å². The number of esters is 1. The minimum atomic E-state index is -0.777. The Hall–Kier alpha value is -1.82. The molecule has 0 aliphatic carbocycles. The second kappa shape index (κ2) is 7.09. The number of aliphatic hydroxyl groups is 1. The molecule has 0 aromatic rings. The molecule has 6 nitrogen and oxygen atoms in total. The Balaban J connectivity index is 3.09. The second-order valence-electron chi connectivity index (χ2n) is 4.80. The van der Waals surface area contributed by atoms with E-state index in [4.69, 9.17) is 9.47 Å². The van der Waals surface area contributed by atoms with Gasteiger partial charge in [-0.25, -0.2) is 9.59 Å². The van der Waals surface area contributed by atoms with Crippen molar-refractivity contribution in [3.8, 4) is 0 Å². The SMILES string of the molecule is C=COC(=O)N1C[C@H](C(=C)C)[C@@H](CCO)[C@@H]1C(=O)OC. The maximum atomic E-state index is 12.0. The highest BCUT2D eigenvalue weighted by Gasteiger charge is 2.48. The fourth-order valence-corrected chi connectivity index (χ4v) is 2.69. The zero-order valence-electron chi connectivity index (χ0n) is 11.9. The van der Waals surface area contributed by atoms with Gasteiger partial charge in [-0.15, -0.1) is 0 Å². The highest BCUT2D eigenvalue weighted by atomic mass is 16.6. The van der Waals surface area contributed by atoms with Gasteiger partial charge in [0.25, 0.3) is 0 Å². The van der Waals surface area contributed by atoms with Crippen LogP contribution in [0, 0.1) is 11.8 Å². The van der Waals surface area contributed by atoms with Crippen LogP contribution in [-0.2, 0) is 14.3 Å². The largest absolute Gasteiger partial charge is 0.467 e. The van der Waals surface area contributed by atoms with Crippen LogP contribution in [0.4, 0.5) is 4.79 Å². The zero-order valence-corrected chi connectivity index (χ0v) is 11.9. The van der Waals surface area contributed by atoms with Crippen molar-refractivity contribution in [2.75, 3.05) is 20.3 Å². The van der Waals surface area contributed by atoms with Gasteiger partial charge in [0.1, 0.15) is 6.04 Å². The fraction of sp³-hybridized carbons (Fsp3) is 0.571. The molecule has 0 aromatic carbocycles. The summed E-state index contributed by atoms with van der Waals surface area (Å²) in [6.07, 6.45) is 0.753. The highest BCUT2D eigenvalue weighted by Crippen LogP contribution is 2.37. The van der Waals surface area contributed by atoms with Crippen LogP contribution in [0.1, 0.15) is 13.3 Å². The minimum Gasteiger partial charge on any atom is -0.467 e. The van der Waals surface area contributed by atoms with E-state index in [-0.39, 0.29) is 18.4 Å². The molecule has 1 amide bonds. The number of hydrogen-bond donors (Lipinski definition) is 1. The van der Waals surface area contributed by atoms with Crippen LogP contribution in [0.25, 0.3) is 0 Å². The topological polar surface area (TPSA) is 76.1 Å². The molecule has 1 saturated heterocycles. The monoisotopic (exact) mass is 283 g/mol. The quantitative estimate of drug-likeness (QED) is 0.468. The second-order valence-corrected chi connectivity index (χ2v) is 4.80. The third-order valence-electron chi connectivity index (χ3n) is 3.61. The maximum absolute atomic E-state index is 12.0. The van der Waals surface area contributed by atoms with Gasteiger partial charge in [-0.3, -0.25) is 4.90 Å². The number of methoxy groups -OCH3 is 1. The molecule has 1 fully saturated rings. The molecule has 1 aliphatic rings. The number of carbonyl (C=O) groups excluding carboxylic acids is 2. The van der Waals surface area contributed by atoms with E-state index in [1.807, 2.05) is 6.92 Å². The van der Waals surface area contributed by atoms with E-state index in [0.717, 1.165) is 11.8 Å². The number of nitrogens with zero attached hydrogens (tertiary/aromatic N) is 1. The molecule has 0 bridgehead atoms. The van der Waals surface area contributed by atoms with E-state index in [2.05, 4.69) is 13.2 Å². The van der Waals surface area contributed by atoms with Gasteiger partial charge in [-0.2, -0.15) is 0 Å². The summed E-state index contributed by atoms with van der Waals surface area (Å²) in [4.78, 5) is 25.2. The molecule has 20 heavy (non-hydrogen) atoms. The number of amides is 1. The molecule has 6 heteroatoms. The number of hydrogen-bond acceptors (Lipinski definition) is 5. The Morgan fingerprint density at radius 2 is 2.15 bits per heavy atom. The van der Waals surface area contributed by atoms with E-state index in [1.54, 1.807) is 0 Å². The Labute approximate surface area is 118 Å². The normalized spacial score (nSPS) is 25.1. The maximum Gasteiger partial charge on any atom is 0.415 e. The van der Waals surface area contributed by atoms with Crippen molar-refractivity contribution in [3.05, 3.63) is 25.0 Å². The molecule has 0 spiro atoms. The van der Waals surface area contributed by atoms with Gasteiger partial charge in [-0.05, 0) is 13.3 Å². The highest BCUT2D eigenvalue weighted by molar-refractivity contribution is 5.83. The van der Waals surface area contributed by atoms with Crippen LogP contribution in [0.15, 0.2) is 25.0 Å². The number of carbonyl (C=O) groups is 2. The average molecular weight is 283 g/mol. The van der Waals surface area contributed by atoms with Gasteiger partial charge in [-0.1, -0.05) is 18.7 Å². The van der Waals surface area contributed by atoms with Crippen molar-refractivity contribution in [1.29, 1.82) is 0 Å². The van der Waals surface area contributed by atoms with Crippen LogP contribution in [0.3, 0.4) is 0 Å². The molecule has 3 atom stereocenters. The molecule has 0 unspecified atom stereocenters. The van der Waals surface area contributed by atoms with Gasteiger partial charge >= 0.3 is 12.1 Å². The molecule has 0 saturated carbocycles. The number of ether oxygens (including phenoxy) is 2. The Bertz CT molecular complexity index is 406. The van der Waals surface area contributed by atoms with Crippen LogP contribution in [-0.4, -0.2) is 48.4 Å². The van der Waals surface area contributed by atoms with Gasteiger partial charge < -0.3 is 14.6 Å². The standard InChI is InChI=1S/C14H21NO5/c1-5-20-14(18)15-8-11(9(2)3)10(6-7-16)12(15)13(17)19-4/h5,10-12,16H,1-2,6-8H2,3-4H3/t10-,11-,12-/m1/s1. The summed E-state index contributed by atoms with van der Waals surface area (Å²) in [5, 5.41) is 9.19. The van der Waals surface area contributed by atoms with E-state index in [0.29, 0.717) is 13.0 Å². The lowest BCUT2D eigenvalue weighted by Crippen LogP contribution is -2.44. The van der Waals surface area contributed by atoms with Crippen molar-refractivity contribution >= 4 is 12.1 Å². The molecular formula is C14H21NO5. The minimum absolute atomic E-state index is 0.0771. The molecule has 1 rings (SSSR count). The summed E-state index contributed by atoms with van der Waals surface area (Å²) in [6.45, 7) is 9.30. The van der Waals surface area contributed by atoms with Gasteiger partial charge in [0, 0.05) is 25.0 Å². The lowest BCUT2D eigenvalue weighted by Gasteiger charge is -2.25. The van der Waals surface area contributed by atoms with Crippen molar-refractivity contribution in [3.63, 3.8) is 0 Å². The molecule has 112 valence electrons. The summed E-state index contributed by atoms with van der Waals surface area (Å²) in [5.74, 6) is -0.834. The Kier molecular flexibility index (Phi) is 5.76. The molecule has 0 radical (unpaired) electrons. The molecule has 0 aromatic heterocycles. The van der Waals surface area contributed by atoms with Crippen molar-refractivity contribution in [2.45, 2.75) is 19.4 Å². The van der Waals surface area contributed by atoms with E-state index in [1.165, 1.54) is 12.0 Å². The summed E-state index contributed by atoms with van der Waals surface area (Å²) in [7, 11) is 1.27. The lowest BCUT2D eigenvalue weighted by molar-refractivity contribution is -0.146. The number of rotatable bonds is 5. The lowest BCUT2D eigenvalue weighted by atomic mass is 9.84. The first-order valence-electron chi connectivity index (χ1n) is 6.40. The Morgan fingerprint density at radius 1 is 1.50 bits per heavy atom. The van der Waals surface area contributed by atoms with Crippen molar-refractivity contribution < 1.29 is 24.2 Å². The first-order valence-corrected chi connectivity index (χ1v) is 6.40. The zero-order chi connectivity index (χ0) is 15.3. The Morgan fingerprint density at radius 3 is 2.60 bits per heavy atom. The van der Waals surface area contributed by atoms with Crippen LogP contribution < -0.4 is 0 Å². The molecule has 1 aliphatic heterocycles. The third-order valence-corrected chi connectivity index (χ3v) is 3.61. The predicted molar refractivity (Wildman–Crippen MR) is 72.7 cm³/mol. The first-order chi connectivity index (χ1) is 9.47. The molecule has 1 heterocycles. The van der Waals surface area contributed by atoms with Crippen molar-refractivity contribution in [2.24, 2.45) is 11.8 Å². The number of likely N-dealkylation sites (tertiary alicyclic amines) is 1. The number of aliphatic hydroxyl groups excluding tert-OH is 1.